The molecule has 0 unspecified atom stereocenters. The fourth-order valence-corrected chi connectivity index (χ4v) is 1.18. The van der Waals surface area contributed by atoms with Gasteiger partial charge in [0, 0.05) is 5.54 Å². The summed E-state index contributed by atoms with van der Waals surface area (Å²) in [5.74, 6) is 0.577. The molecule has 2 N–H and O–H groups in total. The lowest BCUT2D eigenvalue weighted by Crippen LogP contribution is -2.41. The predicted octanol–water partition coefficient (Wildman–Crippen LogP) is 2.96. The van der Waals surface area contributed by atoms with Crippen molar-refractivity contribution in [3.8, 4) is 0 Å². The van der Waals surface area contributed by atoms with Crippen molar-refractivity contribution in [3.05, 3.63) is 12.2 Å². The number of hydrogen-bond acceptors (Lipinski definition) is 1. The van der Waals surface area contributed by atoms with E-state index in [1.807, 2.05) is 13.8 Å². The molecule has 0 atom stereocenters. The summed E-state index contributed by atoms with van der Waals surface area (Å²) in [7, 11) is 0. The van der Waals surface area contributed by atoms with Gasteiger partial charge >= 0.3 is 0 Å². The molecule has 0 aliphatic carbocycles. The van der Waals surface area contributed by atoms with E-state index >= 15 is 0 Å². The molecule has 0 heterocycles. The standard InChI is InChI=1S/C11H23N/c1-8(2)10(4,5)9(3)11(6,7)12/h8H,3,12H2,1-2,4-7H3. The van der Waals surface area contributed by atoms with Crippen LogP contribution in [0.5, 0.6) is 0 Å². The van der Waals surface area contributed by atoms with Gasteiger partial charge < -0.3 is 5.73 Å². The van der Waals surface area contributed by atoms with Gasteiger partial charge in [0.1, 0.15) is 0 Å². The van der Waals surface area contributed by atoms with E-state index in [-0.39, 0.29) is 11.0 Å². The highest BCUT2D eigenvalue weighted by molar-refractivity contribution is 5.20. The molecule has 0 amide bonds. The van der Waals surface area contributed by atoms with E-state index in [4.69, 9.17) is 5.73 Å². The summed E-state index contributed by atoms with van der Waals surface area (Å²) in [6.07, 6.45) is 0. The number of rotatable bonds is 3. The van der Waals surface area contributed by atoms with Crippen LogP contribution in [0.1, 0.15) is 41.5 Å². The fraction of sp³-hybridized carbons (Fsp3) is 0.818. The molecule has 0 bridgehead atoms. The van der Waals surface area contributed by atoms with Crippen LogP contribution in [0.2, 0.25) is 0 Å². The zero-order valence-corrected chi connectivity index (χ0v) is 9.36. The van der Waals surface area contributed by atoms with E-state index < -0.39 is 0 Å². The van der Waals surface area contributed by atoms with Gasteiger partial charge in [-0.2, -0.15) is 0 Å². The summed E-state index contributed by atoms with van der Waals surface area (Å²) in [6.45, 7) is 16.9. The van der Waals surface area contributed by atoms with Gasteiger partial charge in [-0.05, 0) is 25.2 Å². The first-order valence-electron chi connectivity index (χ1n) is 4.59. The molecule has 1 heteroatoms. The van der Waals surface area contributed by atoms with Crippen LogP contribution in [-0.4, -0.2) is 5.54 Å². The third-order valence-electron chi connectivity index (χ3n) is 3.00. The van der Waals surface area contributed by atoms with Crippen LogP contribution in [0.3, 0.4) is 0 Å². The van der Waals surface area contributed by atoms with Crippen molar-refractivity contribution in [2.24, 2.45) is 17.1 Å². The topological polar surface area (TPSA) is 26.0 Å². The lowest BCUT2D eigenvalue weighted by molar-refractivity contribution is 0.276. The van der Waals surface area contributed by atoms with Crippen LogP contribution in [-0.2, 0) is 0 Å². The SMILES string of the molecule is C=C(C(C)(C)N)C(C)(C)C(C)C. The zero-order valence-electron chi connectivity index (χ0n) is 9.36. The molecule has 0 fully saturated rings. The molecule has 0 spiro atoms. The van der Waals surface area contributed by atoms with Crippen molar-refractivity contribution in [3.63, 3.8) is 0 Å². The van der Waals surface area contributed by atoms with Gasteiger partial charge in [0.25, 0.3) is 0 Å². The van der Waals surface area contributed by atoms with Crippen molar-refractivity contribution in [2.45, 2.75) is 47.1 Å². The molecule has 0 aromatic heterocycles. The van der Waals surface area contributed by atoms with E-state index in [9.17, 15) is 0 Å². The van der Waals surface area contributed by atoms with Crippen molar-refractivity contribution in [2.75, 3.05) is 0 Å². The summed E-state index contributed by atoms with van der Waals surface area (Å²) in [6, 6.07) is 0. The highest BCUT2D eigenvalue weighted by Crippen LogP contribution is 2.38. The summed E-state index contributed by atoms with van der Waals surface area (Å²) in [5, 5.41) is 0. The van der Waals surface area contributed by atoms with E-state index in [1.165, 1.54) is 0 Å². The largest absolute Gasteiger partial charge is 0.322 e. The minimum Gasteiger partial charge on any atom is -0.322 e. The fourth-order valence-electron chi connectivity index (χ4n) is 1.18. The van der Waals surface area contributed by atoms with Crippen molar-refractivity contribution in [1.29, 1.82) is 0 Å². The third-order valence-corrected chi connectivity index (χ3v) is 3.00. The van der Waals surface area contributed by atoms with Gasteiger partial charge in [-0.1, -0.05) is 39.8 Å². The third kappa shape index (κ3) is 2.34. The van der Waals surface area contributed by atoms with Crippen LogP contribution < -0.4 is 5.73 Å². The maximum absolute atomic E-state index is 6.00. The lowest BCUT2D eigenvalue weighted by atomic mass is 9.69. The maximum Gasteiger partial charge on any atom is 0.0314 e. The van der Waals surface area contributed by atoms with Crippen LogP contribution in [0.25, 0.3) is 0 Å². The number of hydrogen-bond donors (Lipinski definition) is 1. The molecule has 0 aromatic rings. The van der Waals surface area contributed by atoms with Gasteiger partial charge in [-0.25, -0.2) is 0 Å². The smallest absolute Gasteiger partial charge is 0.0314 e. The quantitative estimate of drug-likeness (QED) is 0.646. The van der Waals surface area contributed by atoms with Crippen molar-refractivity contribution >= 4 is 0 Å². The second kappa shape index (κ2) is 3.21. The van der Waals surface area contributed by atoms with Crippen LogP contribution in [0.15, 0.2) is 12.2 Å². The van der Waals surface area contributed by atoms with Gasteiger partial charge in [0.2, 0.25) is 0 Å². The molecule has 0 saturated carbocycles. The van der Waals surface area contributed by atoms with Gasteiger partial charge in [-0.15, -0.1) is 0 Å². The van der Waals surface area contributed by atoms with Gasteiger partial charge in [0.05, 0.1) is 0 Å². The molecule has 0 radical (unpaired) electrons. The van der Waals surface area contributed by atoms with E-state index in [2.05, 4.69) is 34.3 Å². The Balaban J connectivity index is 4.70. The first-order chi connectivity index (χ1) is 5.10. The van der Waals surface area contributed by atoms with Crippen LogP contribution in [0, 0.1) is 11.3 Å². The van der Waals surface area contributed by atoms with E-state index in [1.54, 1.807) is 0 Å². The van der Waals surface area contributed by atoms with Crippen molar-refractivity contribution in [1.82, 2.24) is 0 Å². The van der Waals surface area contributed by atoms with Crippen LogP contribution >= 0.6 is 0 Å². The molecule has 0 aliphatic heterocycles. The van der Waals surface area contributed by atoms with Gasteiger partial charge in [0.15, 0.2) is 0 Å². The second-order valence-electron chi connectivity index (χ2n) is 5.08. The van der Waals surface area contributed by atoms with Gasteiger partial charge in [-0.3, -0.25) is 0 Å². The molecule has 12 heavy (non-hydrogen) atoms. The Morgan fingerprint density at radius 3 is 1.58 bits per heavy atom. The molecule has 0 saturated heterocycles. The first-order valence-corrected chi connectivity index (χ1v) is 4.59. The summed E-state index contributed by atoms with van der Waals surface area (Å²) < 4.78 is 0. The minimum absolute atomic E-state index is 0.123. The Hall–Kier alpha value is -0.300. The first kappa shape index (κ1) is 11.7. The summed E-state index contributed by atoms with van der Waals surface area (Å²) >= 11 is 0. The molecular formula is C11H23N. The summed E-state index contributed by atoms with van der Waals surface area (Å²) in [4.78, 5) is 0. The average molecular weight is 169 g/mol. The Bertz CT molecular complexity index is 170. The molecule has 0 aliphatic rings. The molecule has 0 aromatic carbocycles. The second-order valence-corrected chi connectivity index (χ2v) is 5.08. The Morgan fingerprint density at radius 2 is 1.50 bits per heavy atom. The monoisotopic (exact) mass is 169 g/mol. The Morgan fingerprint density at radius 1 is 1.17 bits per heavy atom. The molecular weight excluding hydrogens is 146 g/mol. The summed E-state index contributed by atoms with van der Waals surface area (Å²) in [5.41, 5.74) is 6.99. The zero-order chi connectivity index (χ0) is 10.2. The van der Waals surface area contributed by atoms with E-state index in [0.29, 0.717) is 5.92 Å². The Kier molecular flexibility index (Phi) is 3.13. The lowest BCUT2D eigenvalue weighted by Gasteiger charge is -2.38. The molecule has 0 rings (SSSR count). The molecule has 1 nitrogen and oxygen atoms in total. The molecule has 72 valence electrons. The van der Waals surface area contributed by atoms with Crippen molar-refractivity contribution < 1.29 is 0 Å². The maximum atomic E-state index is 6.00. The minimum atomic E-state index is -0.270. The van der Waals surface area contributed by atoms with Crippen LogP contribution in [0.4, 0.5) is 0 Å². The van der Waals surface area contributed by atoms with E-state index in [0.717, 1.165) is 5.57 Å². The number of nitrogens with two attached hydrogens (primary N) is 1. The highest BCUT2D eigenvalue weighted by atomic mass is 14.7. The normalized spacial score (nSPS) is 13.7. The highest BCUT2D eigenvalue weighted by Gasteiger charge is 2.32. The predicted molar refractivity (Wildman–Crippen MR) is 56.0 cm³/mol. The average Bonchev–Trinajstić information content (AvgIpc) is 1.83. The Labute approximate surface area is 77.0 Å².